The Morgan fingerprint density at radius 2 is 1.62 bits per heavy atom. The lowest BCUT2D eigenvalue weighted by Gasteiger charge is -2.10. The molecule has 3 N–H and O–H groups in total. The smallest absolute Gasteiger partial charge is 0.416 e. The molecule has 0 unspecified atom stereocenters. The zero-order valence-electron chi connectivity index (χ0n) is 11.9. The Hall–Kier alpha value is -2.12. The Morgan fingerprint density at radius 1 is 1.08 bits per heavy atom. The number of phenols is 1. The van der Waals surface area contributed by atoms with E-state index in [1.54, 1.807) is 0 Å². The Labute approximate surface area is 145 Å². The molecule has 4 nitrogen and oxygen atoms in total. The second kappa shape index (κ2) is 7.19. The number of hydrogen-bond acceptors (Lipinski definition) is 2. The largest absolute Gasteiger partial charge is 0.505 e. The maximum atomic E-state index is 12.5. The molecule has 0 aliphatic heterocycles. The summed E-state index contributed by atoms with van der Waals surface area (Å²) in [7, 11) is 0. The van der Waals surface area contributed by atoms with Gasteiger partial charge in [0.1, 0.15) is 0 Å². The molecule has 0 aromatic heterocycles. The summed E-state index contributed by atoms with van der Waals surface area (Å²) in [6, 6.07) is 6.44. The molecule has 128 valence electrons. The SMILES string of the molecule is O=C(NCc1ccc(C(F)(F)F)cc1)Nc1cc(Cl)c(O)c(Cl)c1. The highest BCUT2D eigenvalue weighted by Gasteiger charge is 2.29. The second-order valence-corrected chi connectivity index (χ2v) is 5.61. The van der Waals surface area contributed by atoms with Crippen LogP contribution in [0.1, 0.15) is 11.1 Å². The molecule has 2 amide bonds. The first kappa shape index (κ1) is 18.2. The summed E-state index contributed by atoms with van der Waals surface area (Å²) in [4.78, 5) is 11.8. The molecule has 24 heavy (non-hydrogen) atoms. The highest BCUT2D eigenvalue weighted by atomic mass is 35.5. The Bertz CT molecular complexity index is 726. The van der Waals surface area contributed by atoms with Gasteiger partial charge >= 0.3 is 12.2 Å². The number of hydrogen-bond donors (Lipinski definition) is 3. The maximum absolute atomic E-state index is 12.5. The molecule has 0 spiro atoms. The number of benzene rings is 2. The molecule has 0 saturated carbocycles. The van der Waals surface area contributed by atoms with Gasteiger partial charge in [0.15, 0.2) is 5.75 Å². The van der Waals surface area contributed by atoms with E-state index in [1.165, 1.54) is 24.3 Å². The minimum Gasteiger partial charge on any atom is -0.505 e. The van der Waals surface area contributed by atoms with Crippen molar-refractivity contribution in [3.63, 3.8) is 0 Å². The first-order valence-corrected chi connectivity index (χ1v) is 7.31. The van der Waals surface area contributed by atoms with E-state index in [4.69, 9.17) is 23.2 Å². The van der Waals surface area contributed by atoms with E-state index in [2.05, 4.69) is 10.6 Å². The molecule has 0 atom stereocenters. The van der Waals surface area contributed by atoms with Crippen molar-refractivity contribution >= 4 is 34.9 Å². The van der Waals surface area contributed by atoms with Gasteiger partial charge in [-0.3, -0.25) is 0 Å². The molecule has 9 heteroatoms. The molecule has 0 radical (unpaired) electrons. The van der Waals surface area contributed by atoms with Gasteiger partial charge in [0.25, 0.3) is 0 Å². The fourth-order valence-electron chi connectivity index (χ4n) is 1.81. The predicted molar refractivity (Wildman–Crippen MR) is 85.4 cm³/mol. The van der Waals surface area contributed by atoms with Gasteiger partial charge < -0.3 is 15.7 Å². The molecule has 0 saturated heterocycles. The zero-order valence-corrected chi connectivity index (χ0v) is 13.4. The summed E-state index contributed by atoms with van der Waals surface area (Å²) < 4.78 is 37.4. The van der Waals surface area contributed by atoms with E-state index in [0.29, 0.717) is 5.56 Å². The normalized spacial score (nSPS) is 11.2. The Morgan fingerprint density at radius 3 is 2.12 bits per heavy atom. The van der Waals surface area contributed by atoms with Crippen LogP contribution in [-0.2, 0) is 12.7 Å². The van der Waals surface area contributed by atoms with Gasteiger partial charge in [-0.1, -0.05) is 35.3 Å². The lowest BCUT2D eigenvalue weighted by molar-refractivity contribution is -0.137. The van der Waals surface area contributed by atoms with Crippen molar-refractivity contribution in [3.05, 3.63) is 57.6 Å². The van der Waals surface area contributed by atoms with Crippen LogP contribution in [0.5, 0.6) is 5.75 Å². The van der Waals surface area contributed by atoms with Gasteiger partial charge in [-0.25, -0.2) is 4.79 Å². The van der Waals surface area contributed by atoms with Crippen LogP contribution in [0.2, 0.25) is 10.0 Å². The van der Waals surface area contributed by atoms with Crippen LogP contribution >= 0.6 is 23.2 Å². The number of carbonyl (C=O) groups excluding carboxylic acids is 1. The number of anilines is 1. The number of rotatable bonds is 3. The molecule has 2 rings (SSSR count). The van der Waals surface area contributed by atoms with Gasteiger partial charge in [0.2, 0.25) is 0 Å². The summed E-state index contributed by atoms with van der Waals surface area (Å²) in [6.07, 6.45) is -4.40. The molecule has 2 aromatic rings. The molecule has 0 heterocycles. The third-order valence-electron chi connectivity index (χ3n) is 3.01. The molecular weight excluding hydrogens is 368 g/mol. The van der Waals surface area contributed by atoms with Crippen molar-refractivity contribution < 1.29 is 23.1 Å². The molecule has 2 aromatic carbocycles. The van der Waals surface area contributed by atoms with Crippen LogP contribution in [0, 0.1) is 0 Å². The number of alkyl halides is 3. The number of aromatic hydroxyl groups is 1. The van der Waals surface area contributed by atoms with Crippen molar-refractivity contribution in [2.24, 2.45) is 0 Å². The number of phenolic OH excluding ortho intramolecular Hbond substituents is 1. The monoisotopic (exact) mass is 378 g/mol. The minimum absolute atomic E-state index is 0.0273. The van der Waals surface area contributed by atoms with Gasteiger partial charge in [0.05, 0.1) is 15.6 Å². The summed E-state index contributed by atoms with van der Waals surface area (Å²) >= 11 is 11.5. The topological polar surface area (TPSA) is 61.4 Å². The number of carbonyl (C=O) groups is 1. The number of halogens is 5. The number of urea groups is 1. The van der Waals surface area contributed by atoms with E-state index < -0.39 is 17.8 Å². The molecule has 0 fully saturated rings. The lowest BCUT2D eigenvalue weighted by atomic mass is 10.1. The van der Waals surface area contributed by atoms with E-state index >= 15 is 0 Å². The van der Waals surface area contributed by atoms with Crippen LogP contribution in [-0.4, -0.2) is 11.1 Å². The van der Waals surface area contributed by atoms with Crippen molar-refractivity contribution in [2.75, 3.05) is 5.32 Å². The molecular formula is C15H11Cl2F3N2O2. The van der Waals surface area contributed by atoms with Gasteiger partial charge in [-0.15, -0.1) is 0 Å². The summed E-state index contributed by atoms with van der Waals surface area (Å²) in [5, 5.41) is 14.3. The standard InChI is InChI=1S/C15H11Cl2F3N2O2/c16-11-5-10(6-12(17)13(11)23)22-14(24)21-7-8-1-3-9(4-2-8)15(18,19)20/h1-6,23H,7H2,(H2,21,22,24). The molecule has 0 aliphatic rings. The van der Waals surface area contributed by atoms with E-state index in [0.717, 1.165) is 12.1 Å². The van der Waals surface area contributed by atoms with Gasteiger partial charge in [-0.05, 0) is 29.8 Å². The van der Waals surface area contributed by atoms with Crippen molar-refractivity contribution in [1.82, 2.24) is 5.32 Å². The molecule has 0 bridgehead atoms. The molecule has 0 aliphatic carbocycles. The Balaban J connectivity index is 1.94. The quantitative estimate of drug-likeness (QED) is 0.655. The van der Waals surface area contributed by atoms with Crippen LogP contribution in [0.3, 0.4) is 0 Å². The van der Waals surface area contributed by atoms with Crippen molar-refractivity contribution in [3.8, 4) is 5.75 Å². The number of amides is 2. The van der Waals surface area contributed by atoms with Crippen LogP contribution in [0.25, 0.3) is 0 Å². The van der Waals surface area contributed by atoms with Crippen LogP contribution in [0.15, 0.2) is 36.4 Å². The summed E-state index contributed by atoms with van der Waals surface area (Å²) in [5.74, 6) is -0.297. The van der Waals surface area contributed by atoms with Crippen LogP contribution < -0.4 is 10.6 Å². The van der Waals surface area contributed by atoms with Crippen molar-refractivity contribution in [2.45, 2.75) is 12.7 Å². The summed E-state index contributed by atoms with van der Waals surface area (Å²) in [5.41, 5.74) is -0.00304. The van der Waals surface area contributed by atoms with E-state index in [1.807, 2.05) is 0 Å². The van der Waals surface area contributed by atoms with Crippen molar-refractivity contribution in [1.29, 1.82) is 0 Å². The fraction of sp³-hybridized carbons (Fsp3) is 0.133. The highest BCUT2D eigenvalue weighted by Crippen LogP contribution is 2.34. The third kappa shape index (κ3) is 4.69. The summed E-state index contributed by atoms with van der Waals surface area (Å²) in [6.45, 7) is 0.0313. The van der Waals surface area contributed by atoms with Gasteiger partial charge in [0, 0.05) is 12.2 Å². The average Bonchev–Trinajstić information content (AvgIpc) is 2.50. The van der Waals surface area contributed by atoms with Crippen LogP contribution in [0.4, 0.5) is 23.7 Å². The fourth-order valence-corrected chi connectivity index (χ4v) is 2.29. The number of nitrogens with one attached hydrogen (secondary N) is 2. The first-order chi connectivity index (χ1) is 11.2. The minimum atomic E-state index is -4.40. The first-order valence-electron chi connectivity index (χ1n) is 6.56. The lowest BCUT2D eigenvalue weighted by Crippen LogP contribution is -2.28. The zero-order chi connectivity index (χ0) is 17.9. The highest BCUT2D eigenvalue weighted by molar-refractivity contribution is 6.37. The van der Waals surface area contributed by atoms with Gasteiger partial charge in [-0.2, -0.15) is 13.2 Å². The predicted octanol–water partition coefficient (Wildman–Crippen LogP) is 5.04. The Kier molecular flexibility index (Phi) is 5.46. The third-order valence-corrected chi connectivity index (χ3v) is 3.59. The second-order valence-electron chi connectivity index (χ2n) is 4.79. The van der Waals surface area contributed by atoms with E-state index in [-0.39, 0.29) is 28.0 Å². The average molecular weight is 379 g/mol. The van der Waals surface area contributed by atoms with E-state index in [9.17, 15) is 23.1 Å². The maximum Gasteiger partial charge on any atom is 0.416 e.